The first-order valence-electron chi connectivity index (χ1n) is 5.75. The van der Waals surface area contributed by atoms with Crippen molar-refractivity contribution >= 4 is 34.8 Å². The zero-order valence-corrected chi connectivity index (χ0v) is 11.6. The molecule has 2 aromatic rings. The second kappa shape index (κ2) is 5.98. The average molecular weight is 277 g/mol. The van der Waals surface area contributed by atoms with Crippen LogP contribution >= 0.6 is 22.9 Å². The van der Waals surface area contributed by atoms with Crippen LogP contribution in [-0.2, 0) is 6.42 Å². The molecule has 0 saturated heterocycles. The van der Waals surface area contributed by atoms with Crippen LogP contribution in [0.3, 0.4) is 0 Å². The second-order valence-electron chi connectivity index (χ2n) is 3.87. The van der Waals surface area contributed by atoms with Gasteiger partial charge in [-0.15, -0.1) is 11.3 Å². The van der Waals surface area contributed by atoms with E-state index < -0.39 is 0 Å². The smallest absolute Gasteiger partial charge is 0.195 e. The Bertz CT molecular complexity index is 566. The van der Waals surface area contributed by atoms with Gasteiger partial charge in [-0.3, -0.25) is 4.79 Å². The van der Waals surface area contributed by atoms with Gasteiger partial charge in [0.05, 0.1) is 4.88 Å². The number of ketones is 1. The molecule has 0 aliphatic carbocycles. The quantitative estimate of drug-likeness (QED) is 0.576. The van der Waals surface area contributed by atoms with Gasteiger partial charge in [-0.25, -0.2) is 0 Å². The molecule has 0 spiro atoms. The maximum absolute atomic E-state index is 11.9. The van der Waals surface area contributed by atoms with Crippen LogP contribution < -0.4 is 0 Å². The summed E-state index contributed by atoms with van der Waals surface area (Å²) in [4.78, 5) is 13.9. The minimum atomic E-state index is 0.0506. The van der Waals surface area contributed by atoms with Crippen molar-refractivity contribution in [2.45, 2.75) is 13.3 Å². The summed E-state index contributed by atoms with van der Waals surface area (Å²) in [7, 11) is 0. The molecule has 0 fully saturated rings. The van der Waals surface area contributed by atoms with Crippen molar-refractivity contribution < 1.29 is 4.79 Å². The minimum absolute atomic E-state index is 0.0506. The Labute approximate surface area is 116 Å². The maximum Gasteiger partial charge on any atom is 0.195 e. The van der Waals surface area contributed by atoms with E-state index in [1.165, 1.54) is 4.88 Å². The number of halogens is 1. The van der Waals surface area contributed by atoms with Gasteiger partial charge in [0.1, 0.15) is 0 Å². The Kier molecular flexibility index (Phi) is 4.34. The highest BCUT2D eigenvalue weighted by Gasteiger charge is 2.04. The Hall–Kier alpha value is -1.38. The lowest BCUT2D eigenvalue weighted by Gasteiger charge is -1.93. The van der Waals surface area contributed by atoms with Crippen molar-refractivity contribution in [3.05, 3.63) is 62.8 Å². The van der Waals surface area contributed by atoms with Crippen LogP contribution in [0.1, 0.15) is 27.0 Å². The van der Waals surface area contributed by atoms with Crippen molar-refractivity contribution in [2.24, 2.45) is 0 Å². The molecule has 0 bridgehead atoms. The number of rotatable bonds is 4. The van der Waals surface area contributed by atoms with Crippen molar-refractivity contribution in [1.82, 2.24) is 0 Å². The topological polar surface area (TPSA) is 17.1 Å². The average Bonchev–Trinajstić information content (AvgIpc) is 2.86. The molecule has 0 N–H and O–H groups in total. The van der Waals surface area contributed by atoms with E-state index in [1.54, 1.807) is 17.4 Å². The Morgan fingerprint density at radius 1 is 1.22 bits per heavy atom. The first-order chi connectivity index (χ1) is 8.69. The summed E-state index contributed by atoms with van der Waals surface area (Å²) in [6, 6.07) is 11.3. The van der Waals surface area contributed by atoms with Crippen LogP contribution in [0.4, 0.5) is 0 Å². The van der Waals surface area contributed by atoms with Crippen LogP contribution in [0.25, 0.3) is 6.08 Å². The van der Waals surface area contributed by atoms with Gasteiger partial charge in [0.2, 0.25) is 0 Å². The fourth-order valence-corrected chi connectivity index (χ4v) is 2.52. The number of benzene rings is 1. The Morgan fingerprint density at radius 2 is 1.94 bits per heavy atom. The highest BCUT2D eigenvalue weighted by Crippen LogP contribution is 2.18. The third kappa shape index (κ3) is 3.31. The first kappa shape index (κ1) is 13.1. The summed E-state index contributed by atoms with van der Waals surface area (Å²) in [5, 5.41) is 0.698. The fourth-order valence-electron chi connectivity index (χ4n) is 1.53. The minimum Gasteiger partial charge on any atom is -0.288 e. The van der Waals surface area contributed by atoms with E-state index in [2.05, 4.69) is 6.92 Å². The lowest BCUT2D eigenvalue weighted by atomic mass is 10.2. The molecule has 1 aromatic heterocycles. The van der Waals surface area contributed by atoms with Gasteiger partial charge in [0, 0.05) is 9.90 Å². The second-order valence-corrected chi connectivity index (χ2v) is 5.47. The molecule has 92 valence electrons. The summed E-state index contributed by atoms with van der Waals surface area (Å²) in [5.41, 5.74) is 0.972. The third-order valence-corrected chi connectivity index (χ3v) is 4.05. The van der Waals surface area contributed by atoms with E-state index >= 15 is 0 Å². The molecular weight excluding hydrogens is 264 g/mol. The molecule has 0 saturated carbocycles. The van der Waals surface area contributed by atoms with Crippen LogP contribution in [-0.4, -0.2) is 5.78 Å². The number of hydrogen-bond donors (Lipinski definition) is 0. The van der Waals surface area contributed by atoms with Gasteiger partial charge < -0.3 is 0 Å². The van der Waals surface area contributed by atoms with Gasteiger partial charge in [-0.05, 0) is 42.3 Å². The fraction of sp³-hybridized carbons (Fsp3) is 0.133. The molecule has 0 unspecified atom stereocenters. The van der Waals surface area contributed by atoms with Crippen LogP contribution in [0.2, 0.25) is 5.02 Å². The lowest BCUT2D eigenvalue weighted by molar-refractivity contribution is 0.105. The normalized spacial score (nSPS) is 11.0. The molecule has 3 heteroatoms. The zero-order chi connectivity index (χ0) is 13.0. The molecule has 1 nitrogen and oxygen atoms in total. The summed E-state index contributed by atoms with van der Waals surface area (Å²) < 4.78 is 0. The van der Waals surface area contributed by atoms with Crippen molar-refractivity contribution in [3.8, 4) is 0 Å². The van der Waals surface area contributed by atoms with Gasteiger partial charge in [0.15, 0.2) is 5.78 Å². The molecule has 18 heavy (non-hydrogen) atoms. The van der Waals surface area contributed by atoms with E-state index in [9.17, 15) is 4.79 Å². The molecule has 0 aliphatic heterocycles. The predicted molar refractivity (Wildman–Crippen MR) is 78.5 cm³/mol. The molecule has 0 aliphatic rings. The SMILES string of the molecule is CCc1ccc(C(=O)/C=C/c2ccc(Cl)cc2)s1. The van der Waals surface area contributed by atoms with E-state index in [0.717, 1.165) is 16.9 Å². The highest BCUT2D eigenvalue weighted by atomic mass is 35.5. The molecule has 0 amide bonds. The van der Waals surface area contributed by atoms with Gasteiger partial charge in [-0.2, -0.15) is 0 Å². The standard InChI is InChI=1S/C15H13ClOS/c1-2-13-8-10-15(18-13)14(17)9-5-11-3-6-12(16)7-4-11/h3-10H,2H2,1H3/b9-5+. The zero-order valence-electron chi connectivity index (χ0n) is 10.0. The largest absolute Gasteiger partial charge is 0.288 e. The van der Waals surface area contributed by atoms with Crippen LogP contribution in [0, 0.1) is 0 Å². The Morgan fingerprint density at radius 3 is 2.56 bits per heavy atom. The van der Waals surface area contributed by atoms with Crippen molar-refractivity contribution in [2.75, 3.05) is 0 Å². The van der Waals surface area contributed by atoms with Gasteiger partial charge in [-0.1, -0.05) is 36.7 Å². The van der Waals surface area contributed by atoms with Gasteiger partial charge in [0.25, 0.3) is 0 Å². The molecular formula is C15H13ClOS. The number of hydrogen-bond acceptors (Lipinski definition) is 2. The molecule has 0 atom stereocenters. The third-order valence-electron chi connectivity index (χ3n) is 2.55. The molecule has 0 radical (unpaired) electrons. The van der Waals surface area contributed by atoms with Crippen LogP contribution in [0.5, 0.6) is 0 Å². The van der Waals surface area contributed by atoms with E-state index in [4.69, 9.17) is 11.6 Å². The van der Waals surface area contributed by atoms with Crippen molar-refractivity contribution in [1.29, 1.82) is 0 Å². The first-order valence-corrected chi connectivity index (χ1v) is 6.95. The molecule has 2 rings (SSSR count). The maximum atomic E-state index is 11.9. The summed E-state index contributed by atoms with van der Waals surface area (Å²) in [5.74, 6) is 0.0506. The number of allylic oxidation sites excluding steroid dienone is 1. The number of carbonyl (C=O) groups is 1. The van der Waals surface area contributed by atoms with E-state index in [-0.39, 0.29) is 5.78 Å². The molecule has 1 aromatic carbocycles. The Balaban J connectivity index is 2.09. The highest BCUT2D eigenvalue weighted by molar-refractivity contribution is 7.14. The predicted octanol–water partition coefficient (Wildman–Crippen LogP) is 4.86. The lowest BCUT2D eigenvalue weighted by Crippen LogP contribution is -1.88. The monoisotopic (exact) mass is 276 g/mol. The van der Waals surface area contributed by atoms with Crippen molar-refractivity contribution in [3.63, 3.8) is 0 Å². The number of aryl methyl sites for hydroxylation is 1. The van der Waals surface area contributed by atoms with Crippen LogP contribution in [0.15, 0.2) is 42.5 Å². The number of thiophene rings is 1. The summed E-state index contributed by atoms with van der Waals surface area (Å²) in [6.07, 6.45) is 4.39. The summed E-state index contributed by atoms with van der Waals surface area (Å²) in [6.45, 7) is 2.09. The summed E-state index contributed by atoms with van der Waals surface area (Å²) >= 11 is 7.36. The van der Waals surface area contributed by atoms with E-state index in [1.807, 2.05) is 42.5 Å². The van der Waals surface area contributed by atoms with Gasteiger partial charge >= 0.3 is 0 Å². The van der Waals surface area contributed by atoms with E-state index in [0.29, 0.717) is 5.02 Å². The molecule has 1 heterocycles. The number of carbonyl (C=O) groups excluding carboxylic acids is 1.